The Kier molecular flexibility index (Phi) is 9.47. The Balaban J connectivity index is 1.25. The maximum absolute atomic E-state index is 12.9. The highest BCUT2D eigenvalue weighted by Crippen LogP contribution is 2.21. The minimum absolute atomic E-state index is 0.299. The zero-order valence-corrected chi connectivity index (χ0v) is 23.9. The summed E-state index contributed by atoms with van der Waals surface area (Å²) < 4.78 is 0. The summed E-state index contributed by atoms with van der Waals surface area (Å²) >= 11 is 0. The summed E-state index contributed by atoms with van der Waals surface area (Å²) in [6.07, 6.45) is 1.77. The molecular formula is C31H35N9O3. The standard InChI is InChI=1S/C31H35N9O3/c1-2-3-12-36-29(41)22-17-25(39-30(42)37-23-8-4-20(5-9-23)27-32-13-14-33-27)19-26(18-22)40-31(43)38-24-10-6-21(7-11-24)28-34-15-16-35-28/h4-11,17-19H,2-3,12-16H2,1H3,(H,32,33)(H,34,35)(H,36,41)(H2,37,39,42)(H2,38,40,43). The van der Waals surface area contributed by atoms with Crippen LogP contribution < -0.4 is 37.2 Å². The fraction of sp³-hybridized carbons (Fsp3) is 0.258. The predicted molar refractivity (Wildman–Crippen MR) is 171 cm³/mol. The Bertz CT molecular complexity index is 1430. The van der Waals surface area contributed by atoms with Crippen LogP contribution in [0, 0.1) is 0 Å². The number of nitrogens with one attached hydrogen (secondary N) is 7. The lowest BCUT2D eigenvalue weighted by Crippen LogP contribution is -2.26. The van der Waals surface area contributed by atoms with Gasteiger partial charge in [-0.1, -0.05) is 13.3 Å². The zero-order chi connectivity index (χ0) is 30.0. The van der Waals surface area contributed by atoms with Crippen molar-refractivity contribution >= 4 is 52.4 Å². The molecule has 5 amide bonds. The number of amidine groups is 2. The molecule has 3 aromatic rings. The Labute approximate surface area is 249 Å². The van der Waals surface area contributed by atoms with E-state index in [1.807, 2.05) is 31.2 Å². The molecule has 0 saturated heterocycles. The van der Waals surface area contributed by atoms with Crippen LogP contribution in [0.4, 0.5) is 32.3 Å². The molecule has 12 heteroatoms. The number of nitrogens with zero attached hydrogens (tertiary/aromatic N) is 2. The number of anilines is 4. The molecule has 0 aromatic heterocycles. The van der Waals surface area contributed by atoms with Crippen molar-refractivity contribution in [3.8, 4) is 0 Å². The monoisotopic (exact) mass is 581 g/mol. The number of carbonyl (C=O) groups excluding carboxylic acids is 3. The van der Waals surface area contributed by atoms with E-state index in [-0.39, 0.29) is 5.91 Å². The SMILES string of the molecule is CCCCNC(=O)c1cc(NC(=O)Nc2ccc(C3=NCCN3)cc2)cc(NC(=O)Nc2ccc(C3=NCCN3)cc2)c1. The van der Waals surface area contributed by atoms with Crippen molar-refractivity contribution in [2.75, 3.05) is 54.0 Å². The smallest absolute Gasteiger partial charge is 0.323 e. The third kappa shape index (κ3) is 8.09. The molecule has 0 atom stereocenters. The molecule has 12 nitrogen and oxygen atoms in total. The number of aliphatic imine (C=N–C) groups is 2. The van der Waals surface area contributed by atoms with Gasteiger partial charge in [0.05, 0.1) is 13.1 Å². The summed E-state index contributed by atoms with van der Waals surface area (Å²) in [6, 6.07) is 18.4. The molecule has 2 aliphatic rings. The van der Waals surface area contributed by atoms with Crippen molar-refractivity contribution in [3.63, 3.8) is 0 Å². The summed E-state index contributed by atoms with van der Waals surface area (Å²) in [5.41, 5.74) is 4.04. The lowest BCUT2D eigenvalue weighted by molar-refractivity contribution is 0.0953. The second kappa shape index (κ2) is 14.0. The van der Waals surface area contributed by atoms with Gasteiger partial charge in [-0.05, 0) is 73.2 Å². The highest BCUT2D eigenvalue weighted by Gasteiger charge is 2.14. The second-order valence-corrected chi connectivity index (χ2v) is 10.0. The fourth-order valence-electron chi connectivity index (χ4n) is 4.58. The Hall–Kier alpha value is -5.39. The van der Waals surface area contributed by atoms with Gasteiger partial charge < -0.3 is 37.2 Å². The van der Waals surface area contributed by atoms with E-state index in [1.165, 1.54) is 0 Å². The first-order chi connectivity index (χ1) is 21.0. The largest absolute Gasteiger partial charge is 0.368 e. The highest BCUT2D eigenvalue weighted by atomic mass is 16.2. The molecule has 43 heavy (non-hydrogen) atoms. The van der Waals surface area contributed by atoms with Gasteiger partial charge in [-0.3, -0.25) is 14.8 Å². The van der Waals surface area contributed by atoms with Gasteiger partial charge in [0, 0.05) is 59.1 Å². The van der Waals surface area contributed by atoms with Crippen molar-refractivity contribution in [1.82, 2.24) is 16.0 Å². The Morgan fingerprint density at radius 2 is 1.14 bits per heavy atom. The van der Waals surface area contributed by atoms with Crippen LogP contribution in [0.2, 0.25) is 0 Å². The van der Waals surface area contributed by atoms with Crippen LogP contribution in [-0.2, 0) is 0 Å². The fourth-order valence-corrected chi connectivity index (χ4v) is 4.58. The molecular weight excluding hydrogens is 546 g/mol. The average molecular weight is 582 g/mol. The third-order valence-electron chi connectivity index (χ3n) is 6.71. The van der Waals surface area contributed by atoms with Crippen molar-refractivity contribution < 1.29 is 14.4 Å². The molecule has 0 fully saturated rings. The maximum atomic E-state index is 12.9. The van der Waals surface area contributed by atoms with Crippen LogP contribution in [0.3, 0.4) is 0 Å². The van der Waals surface area contributed by atoms with Crippen molar-refractivity contribution in [2.45, 2.75) is 19.8 Å². The number of amides is 5. The van der Waals surface area contributed by atoms with E-state index in [4.69, 9.17) is 0 Å². The van der Waals surface area contributed by atoms with Crippen LogP contribution >= 0.6 is 0 Å². The topological polar surface area (TPSA) is 160 Å². The molecule has 222 valence electrons. The lowest BCUT2D eigenvalue weighted by atomic mass is 10.1. The Morgan fingerprint density at radius 1 is 0.674 bits per heavy atom. The van der Waals surface area contributed by atoms with Crippen molar-refractivity contribution in [3.05, 3.63) is 83.4 Å². The van der Waals surface area contributed by atoms with Crippen LogP contribution in [0.1, 0.15) is 41.3 Å². The normalized spacial score (nSPS) is 13.6. The quantitative estimate of drug-likeness (QED) is 0.178. The summed E-state index contributed by atoms with van der Waals surface area (Å²) in [5, 5.41) is 20.4. The zero-order valence-electron chi connectivity index (χ0n) is 23.9. The molecule has 7 N–H and O–H groups in total. The molecule has 0 unspecified atom stereocenters. The highest BCUT2D eigenvalue weighted by molar-refractivity contribution is 6.06. The first-order valence-electron chi connectivity index (χ1n) is 14.3. The van der Waals surface area contributed by atoms with Crippen molar-refractivity contribution in [2.24, 2.45) is 9.98 Å². The third-order valence-corrected chi connectivity index (χ3v) is 6.71. The minimum atomic E-state index is -0.496. The molecule has 0 radical (unpaired) electrons. The number of rotatable bonds is 10. The molecule has 0 spiro atoms. The van der Waals surface area contributed by atoms with Gasteiger partial charge in [0.1, 0.15) is 11.7 Å². The number of hydrogen-bond donors (Lipinski definition) is 7. The number of urea groups is 2. The summed E-state index contributed by atoms with van der Waals surface area (Å²) in [7, 11) is 0. The molecule has 0 aliphatic carbocycles. The summed E-state index contributed by atoms with van der Waals surface area (Å²) in [4.78, 5) is 47.3. The van der Waals surface area contributed by atoms with E-state index in [0.717, 1.165) is 61.8 Å². The van der Waals surface area contributed by atoms with Gasteiger partial charge in [0.15, 0.2) is 0 Å². The van der Waals surface area contributed by atoms with E-state index >= 15 is 0 Å². The van der Waals surface area contributed by atoms with Gasteiger partial charge in [-0.2, -0.15) is 0 Å². The molecule has 0 saturated carbocycles. The molecule has 2 aliphatic heterocycles. The Morgan fingerprint density at radius 3 is 1.56 bits per heavy atom. The number of hydrogen-bond acceptors (Lipinski definition) is 7. The first kappa shape index (κ1) is 29.1. The maximum Gasteiger partial charge on any atom is 0.323 e. The molecule has 3 aromatic carbocycles. The first-order valence-corrected chi connectivity index (χ1v) is 14.3. The van der Waals surface area contributed by atoms with E-state index < -0.39 is 12.1 Å². The lowest BCUT2D eigenvalue weighted by Gasteiger charge is -2.14. The number of benzene rings is 3. The van der Waals surface area contributed by atoms with E-state index in [1.54, 1.807) is 42.5 Å². The van der Waals surface area contributed by atoms with Gasteiger partial charge in [-0.25, -0.2) is 9.59 Å². The molecule has 0 bridgehead atoms. The van der Waals surface area contributed by atoms with Crippen LogP contribution in [0.5, 0.6) is 0 Å². The van der Waals surface area contributed by atoms with Gasteiger partial charge in [-0.15, -0.1) is 0 Å². The second-order valence-electron chi connectivity index (χ2n) is 10.0. The van der Waals surface area contributed by atoms with Gasteiger partial charge >= 0.3 is 12.1 Å². The van der Waals surface area contributed by atoms with Crippen LogP contribution in [0.25, 0.3) is 0 Å². The van der Waals surface area contributed by atoms with E-state index in [0.29, 0.717) is 34.9 Å². The van der Waals surface area contributed by atoms with Crippen LogP contribution in [0.15, 0.2) is 76.7 Å². The van der Waals surface area contributed by atoms with Gasteiger partial charge in [0.2, 0.25) is 0 Å². The predicted octanol–water partition coefficient (Wildman–Crippen LogP) is 4.20. The number of unbranched alkanes of at least 4 members (excludes halogenated alkanes) is 1. The molecule has 5 rings (SSSR count). The number of carbonyl (C=O) groups is 3. The summed E-state index contributed by atoms with van der Waals surface area (Å²) in [5.74, 6) is 1.36. The average Bonchev–Trinajstić information content (AvgIpc) is 3.73. The van der Waals surface area contributed by atoms with E-state index in [2.05, 4.69) is 47.2 Å². The molecule has 2 heterocycles. The van der Waals surface area contributed by atoms with Gasteiger partial charge in [0.25, 0.3) is 5.91 Å². The summed E-state index contributed by atoms with van der Waals surface area (Å²) in [6.45, 7) is 5.67. The van der Waals surface area contributed by atoms with Crippen molar-refractivity contribution in [1.29, 1.82) is 0 Å². The van der Waals surface area contributed by atoms with E-state index in [9.17, 15) is 14.4 Å². The van der Waals surface area contributed by atoms with Crippen LogP contribution in [-0.4, -0.2) is 62.4 Å². The minimum Gasteiger partial charge on any atom is -0.368 e.